The van der Waals surface area contributed by atoms with Gasteiger partial charge in [0, 0.05) is 11.0 Å². The molecule has 0 bridgehead atoms. The summed E-state index contributed by atoms with van der Waals surface area (Å²) in [6.07, 6.45) is 3.54. The molecule has 0 saturated heterocycles. The number of hydrogen-bond donors (Lipinski definition) is 0. The van der Waals surface area contributed by atoms with Crippen LogP contribution in [0.25, 0.3) is 32.9 Å². The van der Waals surface area contributed by atoms with Crippen LogP contribution >= 0.6 is 0 Å². The third-order valence-electron chi connectivity index (χ3n) is 4.23. The summed E-state index contributed by atoms with van der Waals surface area (Å²) >= 11 is 0. The minimum atomic E-state index is -0.250. The van der Waals surface area contributed by atoms with Crippen LogP contribution in [-0.2, 0) is 21.7 Å². The molecule has 3 aromatic carbocycles. The molecule has 30 heavy (non-hydrogen) atoms. The molecule has 1 unspecified atom stereocenters. The Labute approximate surface area is 216 Å². The van der Waals surface area contributed by atoms with E-state index in [1.807, 2.05) is 20.8 Å². The smallest absolute Gasteiger partial charge is 1.00 e. The van der Waals surface area contributed by atoms with Crippen LogP contribution in [0, 0.1) is 20.9 Å². The molecule has 0 amide bonds. The summed E-state index contributed by atoms with van der Waals surface area (Å²) in [6.45, 7) is 9.96. The van der Waals surface area contributed by atoms with Gasteiger partial charge in [0.2, 0.25) is 0 Å². The van der Waals surface area contributed by atoms with Gasteiger partial charge in [-0.1, -0.05) is 94.5 Å². The molecule has 4 rings (SSSR count). The maximum Gasteiger partial charge on any atom is 2.00 e. The second-order valence-corrected chi connectivity index (χ2v) is 7.65. The minimum Gasteiger partial charge on any atom is -1.00 e. The molecule has 0 saturated carbocycles. The van der Waals surface area contributed by atoms with E-state index in [2.05, 4.69) is 68.5 Å². The number of halogens is 2. The van der Waals surface area contributed by atoms with Crippen LogP contribution < -0.4 is 24.8 Å². The molecule has 3 aromatic rings. The van der Waals surface area contributed by atoms with Crippen molar-refractivity contribution in [2.45, 2.75) is 46.1 Å². The molecule has 4 radical (unpaired) electrons. The first-order valence-electron chi connectivity index (χ1n) is 8.55. The summed E-state index contributed by atoms with van der Waals surface area (Å²) in [7, 11) is 0. The Morgan fingerprint density at radius 2 is 1.33 bits per heavy atom. The van der Waals surface area contributed by atoms with E-state index in [-0.39, 0.29) is 77.9 Å². The molecule has 162 valence electrons. The van der Waals surface area contributed by atoms with E-state index >= 15 is 0 Å². The average Bonchev–Trinajstić information content (AvgIpc) is 2.80. The van der Waals surface area contributed by atoms with E-state index in [9.17, 15) is 0 Å². The molecule has 0 heterocycles. The number of benzene rings is 3. The van der Waals surface area contributed by atoms with Gasteiger partial charge in [-0.2, -0.15) is 5.56 Å². The first-order valence-corrected chi connectivity index (χ1v) is 8.55. The number of fused-ring (bicyclic) bond motifs is 5. The van der Waals surface area contributed by atoms with Crippen molar-refractivity contribution in [3.63, 3.8) is 0 Å². The Hall–Kier alpha value is -0.609. The summed E-state index contributed by atoms with van der Waals surface area (Å²) in [5.41, 5.74) is 10.8. The number of hydrogen-bond acceptors (Lipinski definition) is 0. The van der Waals surface area contributed by atoms with Gasteiger partial charge in [-0.15, -0.1) is 11.1 Å². The van der Waals surface area contributed by atoms with Gasteiger partial charge < -0.3 is 45.4 Å². The molecule has 0 fully saturated rings. The maximum absolute atomic E-state index is 6.94. The van der Waals surface area contributed by atoms with Gasteiger partial charge in [-0.3, -0.25) is 6.08 Å². The zero-order valence-electron chi connectivity index (χ0n) is 19.0. The molecule has 5 heteroatoms. The molecule has 1 aliphatic carbocycles. The molecule has 0 aliphatic heterocycles. The van der Waals surface area contributed by atoms with Gasteiger partial charge in [0.15, 0.2) is 0 Å². The summed E-state index contributed by atoms with van der Waals surface area (Å²) in [5, 5.41) is 5.37. The average molecular weight is 492 g/mol. The second-order valence-electron chi connectivity index (χ2n) is 7.65. The molecule has 0 spiro atoms. The molecule has 1 nitrogen and oxygen atoms in total. The van der Waals surface area contributed by atoms with Crippen molar-refractivity contribution in [2.75, 3.05) is 0 Å². The van der Waals surface area contributed by atoms with Crippen LogP contribution in [0.15, 0.2) is 48.5 Å². The van der Waals surface area contributed by atoms with Crippen LogP contribution in [0.5, 0.6) is 0 Å². The standard InChI is InChI=1S/C19H15.C4H10N.2CH3.2ClH.Si.Ti/c1-12-11-13(2)19-15(12)9-10-17-16-6-4-3-5-14(16)7-8-18(17)19;1-4(2,3)5;;;;;;/h3-10,12H,1-2H3;5H,1-3H3;2*1H3;2*1H;;/q4*-1;;;;+2/p-2. The molecule has 0 aromatic heterocycles. The first-order chi connectivity index (χ1) is 11.3. The molecule has 1 aliphatic rings. The largest absolute Gasteiger partial charge is 2.00 e. The Bertz CT molecular complexity index is 943. The van der Waals surface area contributed by atoms with Crippen molar-refractivity contribution < 1.29 is 46.5 Å². The molecule has 1 atom stereocenters. The van der Waals surface area contributed by atoms with Crippen molar-refractivity contribution in [2.24, 2.45) is 0 Å². The van der Waals surface area contributed by atoms with E-state index in [0.717, 1.165) is 0 Å². The maximum atomic E-state index is 6.94. The monoisotopic (exact) mass is 491 g/mol. The molecular formula is C25H31Cl2NSiTi-4. The van der Waals surface area contributed by atoms with E-state index in [4.69, 9.17) is 5.73 Å². The van der Waals surface area contributed by atoms with Gasteiger partial charge in [0.1, 0.15) is 0 Å². The van der Waals surface area contributed by atoms with E-state index in [0.29, 0.717) is 5.92 Å². The SMILES string of the molecule is CC(C)(C)[NH-].CC1=[C-]C(C)c2ccc3c(ccc4ccccc43)c21.[CH3-].[CH3-].[Cl-].[Cl-].[Si].[Ti+2]. The predicted molar refractivity (Wildman–Crippen MR) is 125 cm³/mol. The fourth-order valence-corrected chi connectivity index (χ4v) is 3.36. The van der Waals surface area contributed by atoms with Crippen molar-refractivity contribution in [1.29, 1.82) is 0 Å². The Kier molecular flexibility index (Phi) is 17.7. The fourth-order valence-electron chi connectivity index (χ4n) is 3.36. The van der Waals surface area contributed by atoms with Crippen LogP contribution in [0.4, 0.5) is 0 Å². The van der Waals surface area contributed by atoms with Gasteiger partial charge in [0.25, 0.3) is 0 Å². The van der Waals surface area contributed by atoms with Crippen LogP contribution in [-0.4, -0.2) is 16.5 Å². The topological polar surface area (TPSA) is 23.8 Å². The van der Waals surface area contributed by atoms with Crippen LogP contribution in [0.2, 0.25) is 0 Å². The number of nitrogens with one attached hydrogen (secondary N) is 1. The molecular weight excluding hydrogens is 461 g/mol. The van der Waals surface area contributed by atoms with Crippen molar-refractivity contribution in [3.8, 4) is 0 Å². The van der Waals surface area contributed by atoms with Gasteiger partial charge in [-0.05, 0) is 16.2 Å². The Balaban J connectivity index is -0.000000281. The van der Waals surface area contributed by atoms with Crippen molar-refractivity contribution in [3.05, 3.63) is 86.3 Å². The summed E-state index contributed by atoms with van der Waals surface area (Å²) < 4.78 is 0. The summed E-state index contributed by atoms with van der Waals surface area (Å²) in [6, 6.07) is 17.7. The van der Waals surface area contributed by atoms with Gasteiger partial charge in [-0.25, -0.2) is 5.57 Å². The number of rotatable bonds is 0. The van der Waals surface area contributed by atoms with Crippen molar-refractivity contribution in [1.82, 2.24) is 0 Å². The number of allylic oxidation sites excluding steroid dienone is 2. The molecule has 1 N–H and O–H groups in total. The van der Waals surface area contributed by atoms with E-state index < -0.39 is 0 Å². The third-order valence-corrected chi connectivity index (χ3v) is 4.23. The van der Waals surface area contributed by atoms with Crippen LogP contribution in [0.3, 0.4) is 0 Å². The third kappa shape index (κ3) is 8.15. The Morgan fingerprint density at radius 3 is 1.90 bits per heavy atom. The van der Waals surface area contributed by atoms with E-state index in [1.165, 1.54) is 38.2 Å². The minimum absolute atomic E-state index is 0. The first kappa shape index (κ1) is 36.7. The zero-order valence-corrected chi connectivity index (χ0v) is 23.0. The van der Waals surface area contributed by atoms with E-state index in [1.54, 1.807) is 0 Å². The van der Waals surface area contributed by atoms with Gasteiger partial charge in [0.05, 0.1) is 0 Å². The Morgan fingerprint density at radius 1 is 0.833 bits per heavy atom. The van der Waals surface area contributed by atoms with Crippen molar-refractivity contribution >= 4 is 38.1 Å². The fraction of sp³-hybridized carbons (Fsp3) is 0.280. The van der Waals surface area contributed by atoms with Crippen LogP contribution in [0.1, 0.15) is 51.7 Å². The zero-order chi connectivity index (χ0) is 17.5. The second kappa shape index (κ2) is 14.5. The normalized spacial score (nSPS) is 13.3. The quantitative estimate of drug-likeness (QED) is 0.259. The predicted octanol–water partition coefficient (Wildman–Crippen LogP) is 1.68. The summed E-state index contributed by atoms with van der Waals surface area (Å²) in [4.78, 5) is 0. The summed E-state index contributed by atoms with van der Waals surface area (Å²) in [5.74, 6) is 0.422. The van der Waals surface area contributed by atoms with Gasteiger partial charge >= 0.3 is 21.7 Å².